The molecule has 0 fully saturated rings. The molecule has 2 aromatic rings. The van der Waals surface area contributed by atoms with Gasteiger partial charge in [-0.1, -0.05) is 36.4 Å². The minimum absolute atomic E-state index is 0.137. The Morgan fingerprint density at radius 1 is 1.26 bits per heavy atom. The molecular formula is C18H19N3O2. The first-order valence-electron chi connectivity index (χ1n) is 7.65. The summed E-state index contributed by atoms with van der Waals surface area (Å²) in [5, 5.41) is 14.0. The van der Waals surface area contributed by atoms with Gasteiger partial charge >= 0.3 is 0 Å². The van der Waals surface area contributed by atoms with E-state index in [1.165, 1.54) is 5.57 Å². The van der Waals surface area contributed by atoms with Gasteiger partial charge in [-0.05, 0) is 41.8 Å². The number of hydroxylamine groups is 2. The molecule has 0 bridgehead atoms. The molecule has 1 amide bonds. The third-order valence-corrected chi connectivity index (χ3v) is 3.82. The summed E-state index contributed by atoms with van der Waals surface area (Å²) in [6.45, 7) is 1.90. The second kappa shape index (κ2) is 7.17. The highest BCUT2D eigenvalue weighted by molar-refractivity contribution is 5.92. The highest BCUT2D eigenvalue weighted by Gasteiger charge is 2.17. The Balaban J connectivity index is 1.75. The first-order chi connectivity index (χ1) is 11.2. The highest BCUT2D eigenvalue weighted by Crippen LogP contribution is 2.20. The third-order valence-electron chi connectivity index (χ3n) is 3.82. The molecule has 0 atom stereocenters. The summed E-state index contributed by atoms with van der Waals surface area (Å²) in [7, 11) is 0. The molecule has 0 saturated carbocycles. The molecule has 5 heteroatoms. The molecule has 2 N–H and O–H groups in total. The summed E-state index contributed by atoms with van der Waals surface area (Å²) >= 11 is 0. The number of pyridine rings is 1. The van der Waals surface area contributed by atoms with E-state index in [9.17, 15) is 10.0 Å². The molecule has 1 aromatic heterocycles. The van der Waals surface area contributed by atoms with E-state index >= 15 is 0 Å². The molecule has 0 radical (unpaired) electrons. The van der Waals surface area contributed by atoms with Gasteiger partial charge in [0, 0.05) is 12.7 Å². The smallest absolute Gasteiger partial charge is 0.296 e. The first kappa shape index (κ1) is 15.4. The van der Waals surface area contributed by atoms with Crippen LogP contribution in [0.3, 0.4) is 0 Å². The number of aromatic nitrogens is 1. The van der Waals surface area contributed by atoms with Gasteiger partial charge < -0.3 is 5.32 Å². The summed E-state index contributed by atoms with van der Waals surface area (Å²) < 4.78 is 0. The largest absolute Gasteiger partial charge is 0.313 e. The maximum absolute atomic E-state index is 12.4. The first-order valence-corrected chi connectivity index (χ1v) is 7.65. The zero-order valence-corrected chi connectivity index (χ0v) is 12.8. The fourth-order valence-electron chi connectivity index (χ4n) is 2.59. The molecule has 1 aliphatic heterocycles. The predicted molar refractivity (Wildman–Crippen MR) is 87.8 cm³/mol. The topological polar surface area (TPSA) is 65.5 Å². The van der Waals surface area contributed by atoms with E-state index < -0.39 is 5.91 Å². The van der Waals surface area contributed by atoms with Crippen LogP contribution in [0.1, 0.15) is 28.0 Å². The van der Waals surface area contributed by atoms with Crippen molar-refractivity contribution in [2.45, 2.75) is 13.0 Å². The van der Waals surface area contributed by atoms with E-state index in [0.29, 0.717) is 5.06 Å². The lowest BCUT2D eigenvalue weighted by atomic mass is 10.0. The second-order valence-electron chi connectivity index (χ2n) is 5.46. The Labute approximate surface area is 135 Å². The Hall–Kier alpha value is -2.50. The normalized spacial score (nSPS) is 14.2. The van der Waals surface area contributed by atoms with Crippen LogP contribution in [-0.4, -0.2) is 34.3 Å². The van der Waals surface area contributed by atoms with Crippen molar-refractivity contribution in [2.75, 3.05) is 13.1 Å². The van der Waals surface area contributed by atoms with Crippen LogP contribution in [0.15, 0.2) is 54.7 Å². The fraction of sp³-hybridized carbons (Fsp3) is 0.222. The quantitative estimate of drug-likeness (QED) is 0.673. The van der Waals surface area contributed by atoms with Gasteiger partial charge in [-0.2, -0.15) is 0 Å². The predicted octanol–water partition coefficient (Wildman–Crippen LogP) is 2.49. The zero-order valence-electron chi connectivity index (χ0n) is 12.8. The number of benzene rings is 1. The van der Waals surface area contributed by atoms with Crippen molar-refractivity contribution in [1.82, 2.24) is 15.4 Å². The molecule has 0 spiro atoms. The molecule has 23 heavy (non-hydrogen) atoms. The Morgan fingerprint density at radius 3 is 2.83 bits per heavy atom. The van der Waals surface area contributed by atoms with Crippen LogP contribution in [0.25, 0.3) is 5.57 Å². The minimum Gasteiger partial charge on any atom is -0.313 e. The Kier molecular flexibility index (Phi) is 4.80. The SMILES string of the molecule is O=C(c1cc(C2=CCNCC2)ccn1)N(O)Cc1ccccc1. The molecule has 0 saturated heterocycles. The van der Waals surface area contributed by atoms with Crippen molar-refractivity contribution < 1.29 is 10.0 Å². The summed E-state index contributed by atoms with van der Waals surface area (Å²) in [6.07, 6.45) is 4.65. The van der Waals surface area contributed by atoms with Crippen LogP contribution in [0, 0.1) is 0 Å². The molecular weight excluding hydrogens is 290 g/mol. The number of nitrogens with one attached hydrogen (secondary N) is 1. The Morgan fingerprint density at radius 2 is 2.09 bits per heavy atom. The zero-order chi connectivity index (χ0) is 16.1. The number of rotatable bonds is 4. The van der Waals surface area contributed by atoms with Gasteiger partial charge in [0.1, 0.15) is 5.69 Å². The van der Waals surface area contributed by atoms with Crippen LogP contribution in [0.4, 0.5) is 0 Å². The van der Waals surface area contributed by atoms with E-state index in [4.69, 9.17) is 0 Å². The molecule has 118 valence electrons. The lowest BCUT2D eigenvalue weighted by Crippen LogP contribution is -2.27. The number of hydrogen-bond acceptors (Lipinski definition) is 4. The standard InChI is InChI=1S/C18H19N3O2/c22-18(21(23)13-14-4-2-1-3-5-14)17-12-16(8-11-20-17)15-6-9-19-10-7-15/h1-6,8,11-12,19,23H,7,9-10,13H2. The van der Waals surface area contributed by atoms with Crippen molar-refractivity contribution in [1.29, 1.82) is 0 Å². The van der Waals surface area contributed by atoms with Crippen molar-refractivity contribution in [3.63, 3.8) is 0 Å². The van der Waals surface area contributed by atoms with Crippen molar-refractivity contribution in [3.05, 3.63) is 71.6 Å². The van der Waals surface area contributed by atoms with Crippen LogP contribution < -0.4 is 5.32 Å². The van der Waals surface area contributed by atoms with Gasteiger partial charge in [0.15, 0.2) is 0 Å². The molecule has 2 heterocycles. The number of hydrogen-bond donors (Lipinski definition) is 2. The molecule has 0 unspecified atom stereocenters. The summed E-state index contributed by atoms with van der Waals surface area (Å²) in [6, 6.07) is 13.0. The van der Waals surface area contributed by atoms with E-state index in [1.54, 1.807) is 12.3 Å². The average Bonchev–Trinajstić information content (AvgIpc) is 2.63. The summed E-state index contributed by atoms with van der Waals surface area (Å²) in [5.41, 5.74) is 3.30. The van der Waals surface area contributed by atoms with Gasteiger partial charge in [-0.3, -0.25) is 15.0 Å². The van der Waals surface area contributed by atoms with Gasteiger partial charge in [-0.15, -0.1) is 0 Å². The van der Waals surface area contributed by atoms with Crippen LogP contribution >= 0.6 is 0 Å². The summed E-state index contributed by atoms with van der Waals surface area (Å²) in [4.78, 5) is 16.5. The van der Waals surface area contributed by atoms with Crippen molar-refractivity contribution in [2.24, 2.45) is 0 Å². The van der Waals surface area contributed by atoms with E-state index in [-0.39, 0.29) is 12.2 Å². The van der Waals surface area contributed by atoms with Crippen molar-refractivity contribution in [3.8, 4) is 0 Å². The second-order valence-corrected chi connectivity index (χ2v) is 5.46. The number of amides is 1. The fourth-order valence-corrected chi connectivity index (χ4v) is 2.59. The van der Waals surface area contributed by atoms with E-state index in [2.05, 4.69) is 16.4 Å². The van der Waals surface area contributed by atoms with Crippen LogP contribution in [0.2, 0.25) is 0 Å². The number of carbonyl (C=O) groups is 1. The molecule has 3 rings (SSSR count). The highest BCUT2D eigenvalue weighted by atomic mass is 16.5. The maximum atomic E-state index is 12.4. The lowest BCUT2D eigenvalue weighted by Gasteiger charge is -2.17. The van der Waals surface area contributed by atoms with Gasteiger partial charge in [0.2, 0.25) is 0 Å². The maximum Gasteiger partial charge on any atom is 0.296 e. The van der Waals surface area contributed by atoms with E-state index in [0.717, 1.165) is 30.6 Å². The van der Waals surface area contributed by atoms with Crippen LogP contribution in [0.5, 0.6) is 0 Å². The monoisotopic (exact) mass is 309 g/mol. The van der Waals surface area contributed by atoms with Crippen molar-refractivity contribution >= 4 is 11.5 Å². The molecule has 1 aromatic carbocycles. The molecule has 5 nitrogen and oxygen atoms in total. The summed E-state index contributed by atoms with van der Waals surface area (Å²) in [5.74, 6) is -0.495. The van der Waals surface area contributed by atoms with E-state index in [1.807, 2.05) is 36.4 Å². The third kappa shape index (κ3) is 3.83. The van der Waals surface area contributed by atoms with Crippen LogP contribution in [-0.2, 0) is 6.54 Å². The van der Waals surface area contributed by atoms with Gasteiger partial charge in [0.05, 0.1) is 6.54 Å². The average molecular weight is 309 g/mol. The molecule has 0 aliphatic carbocycles. The number of nitrogens with zero attached hydrogens (tertiary/aromatic N) is 2. The molecule has 1 aliphatic rings. The number of carbonyl (C=O) groups excluding carboxylic acids is 1. The van der Waals surface area contributed by atoms with Gasteiger partial charge in [-0.25, -0.2) is 5.06 Å². The van der Waals surface area contributed by atoms with Gasteiger partial charge in [0.25, 0.3) is 5.91 Å². The lowest BCUT2D eigenvalue weighted by molar-refractivity contribution is -0.0652. The minimum atomic E-state index is -0.495. The Bertz CT molecular complexity index is 713.